The molecule has 0 aromatic carbocycles. The van der Waals surface area contributed by atoms with E-state index < -0.39 is 24.4 Å². The number of rotatable bonds is 2. The minimum absolute atomic E-state index is 0.448. The summed E-state index contributed by atoms with van der Waals surface area (Å²) in [6.07, 6.45) is 2.65. The summed E-state index contributed by atoms with van der Waals surface area (Å²) in [5.74, 6) is 0. The van der Waals surface area contributed by atoms with E-state index in [-0.39, 0.29) is 0 Å². The van der Waals surface area contributed by atoms with Gasteiger partial charge >= 0.3 is 13.2 Å². The van der Waals surface area contributed by atoms with Gasteiger partial charge in [0, 0.05) is 23.5 Å². The molecule has 1 aromatic rings. The van der Waals surface area contributed by atoms with Crippen LogP contribution in [0.2, 0.25) is 0 Å². The fourth-order valence-electron chi connectivity index (χ4n) is 1.84. The summed E-state index contributed by atoms with van der Waals surface area (Å²) in [5.41, 5.74) is 0.327. The molecular weight excluding hydrogens is 259 g/mol. The number of anilines is 1. The van der Waals surface area contributed by atoms with Crippen LogP contribution in [0.15, 0.2) is 18.5 Å². The third kappa shape index (κ3) is 2.64. The molecule has 20 heavy (non-hydrogen) atoms. The van der Waals surface area contributed by atoms with E-state index >= 15 is 0 Å². The van der Waals surface area contributed by atoms with Gasteiger partial charge in [-0.1, -0.05) is 0 Å². The molecule has 1 aliphatic rings. The van der Waals surface area contributed by atoms with Crippen LogP contribution in [0, 0.1) is 0 Å². The minimum atomic E-state index is -0.583. The molecule has 0 spiro atoms. The molecule has 2 rings (SSSR count). The van der Waals surface area contributed by atoms with Gasteiger partial charge in [-0.15, -0.1) is 0 Å². The Morgan fingerprint density at radius 3 is 2.45 bits per heavy atom. The first-order chi connectivity index (χ1) is 9.27. The molecule has 2 heterocycles. The lowest BCUT2D eigenvalue weighted by Crippen LogP contribution is -2.41. The topological polar surface area (TPSA) is 69.7 Å². The molecule has 1 aliphatic heterocycles. The first kappa shape index (κ1) is 14.8. The van der Waals surface area contributed by atoms with Crippen molar-refractivity contribution in [3.05, 3.63) is 18.5 Å². The van der Waals surface area contributed by atoms with E-state index in [1.54, 1.807) is 18.5 Å². The average Bonchev–Trinajstić information content (AvgIpc) is 2.59. The molecule has 1 saturated heterocycles. The van der Waals surface area contributed by atoms with Gasteiger partial charge in [0.15, 0.2) is 0 Å². The number of hydrogen-bond acceptors (Lipinski definition) is 5. The molecule has 1 amide bonds. The van der Waals surface area contributed by atoms with Crippen molar-refractivity contribution in [2.24, 2.45) is 0 Å². The number of nitrogens with zero attached hydrogens (tertiary/aromatic N) is 1. The fourth-order valence-corrected chi connectivity index (χ4v) is 1.84. The lowest BCUT2D eigenvalue weighted by molar-refractivity contribution is 0.00578. The maximum Gasteiger partial charge on any atom is 0.498 e. The maximum atomic E-state index is 11.4. The van der Waals surface area contributed by atoms with Crippen LogP contribution < -0.4 is 10.8 Å². The second kappa shape index (κ2) is 5.07. The van der Waals surface area contributed by atoms with Crippen LogP contribution in [0.5, 0.6) is 0 Å². The second-order valence-corrected chi connectivity index (χ2v) is 5.67. The largest absolute Gasteiger partial charge is 0.498 e. The third-order valence-corrected chi connectivity index (χ3v) is 3.78. The van der Waals surface area contributed by atoms with E-state index in [0.717, 1.165) is 0 Å². The SMILES string of the molecule is COC(=O)Nc1ccncc1B1OC(C)(C)C(C)(C)O1. The number of hydrogen-bond donors (Lipinski definition) is 1. The molecule has 108 valence electrons. The van der Waals surface area contributed by atoms with Crippen molar-refractivity contribution in [2.75, 3.05) is 12.4 Å². The lowest BCUT2D eigenvalue weighted by Gasteiger charge is -2.32. The van der Waals surface area contributed by atoms with Crippen LogP contribution in [0.4, 0.5) is 10.5 Å². The first-order valence-electron chi connectivity index (χ1n) is 6.41. The maximum absolute atomic E-state index is 11.4. The first-order valence-corrected chi connectivity index (χ1v) is 6.41. The van der Waals surface area contributed by atoms with Crippen LogP contribution in [0.25, 0.3) is 0 Å². The van der Waals surface area contributed by atoms with Gasteiger partial charge < -0.3 is 14.0 Å². The summed E-state index contributed by atoms with van der Waals surface area (Å²) in [5, 5.41) is 2.63. The fraction of sp³-hybridized carbons (Fsp3) is 0.538. The molecule has 0 aliphatic carbocycles. The quantitative estimate of drug-likeness (QED) is 0.831. The van der Waals surface area contributed by atoms with Gasteiger partial charge in [0.2, 0.25) is 0 Å². The van der Waals surface area contributed by atoms with Crippen molar-refractivity contribution >= 4 is 24.4 Å². The van der Waals surface area contributed by atoms with E-state index in [1.165, 1.54) is 7.11 Å². The molecule has 6 nitrogen and oxygen atoms in total. The molecule has 0 bridgehead atoms. The highest BCUT2D eigenvalue weighted by Crippen LogP contribution is 2.36. The zero-order chi connectivity index (χ0) is 15.0. The number of carbonyl (C=O) groups excluding carboxylic acids is 1. The van der Waals surface area contributed by atoms with E-state index in [4.69, 9.17) is 9.31 Å². The van der Waals surface area contributed by atoms with Crippen molar-refractivity contribution in [3.8, 4) is 0 Å². The Kier molecular flexibility index (Phi) is 3.75. The van der Waals surface area contributed by atoms with Crippen LogP contribution in [-0.4, -0.2) is 36.5 Å². The summed E-state index contributed by atoms with van der Waals surface area (Å²) in [6.45, 7) is 7.88. The Morgan fingerprint density at radius 1 is 1.30 bits per heavy atom. The predicted molar refractivity (Wildman–Crippen MR) is 76.0 cm³/mol. The highest BCUT2D eigenvalue weighted by atomic mass is 16.7. The van der Waals surface area contributed by atoms with Crippen LogP contribution in [0.1, 0.15) is 27.7 Å². The number of pyridine rings is 1. The third-order valence-electron chi connectivity index (χ3n) is 3.78. The zero-order valence-electron chi connectivity index (χ0n) is 12.4. The van der Waals surface area contributed by atoms with Gasteiger partial charge in [-0.3, -0.25) is 10.3 Å². The number of amides is 1. The molecule has 0 saturated carbocycles. The van der Waals surface area contributed by atoms with Gasteiger partial charge in [-0.2, -0.15) is 0 Å². The van der Waals surface area contributed by atoms with Gasteiger partial charge in [-0.05, 0) is 33.8 Å². The smallest absolute Gasteiger partial charge is 0.453 e. The normalized spacial score (nSPS) is 19.8. The Hall–Kier alpha value is -1.60. The number of carbonyl (C=O) groups is 1. The van der Waals surface area contributed by atoms with Crippen molar-refractivity contribution in [1.29, 1.82) is 0 Å². The summed E-state index contributed by atoms with van der Waals surface area (Å²) in [6, 6.07) is 1.68. The molecule has 1 fully saturated rings. The van der Waals surface area contributed by atoms with Crippen molar-refractivity contribution in [3.63, 3.8) is 0 Å². The minimum Gasteiger partial charge on any atom is -0.453 e. The average molecular weight is 278 g/mol. The molecule has 1 N–H and O–H groups in total. The summed E-state index contributed by atoms with van der Waals surface area (Å²) >= 11 is 0. The highest BCUT2D eigenvalue weighted by Gasteiger charge is 2.52. The highest BCUT2D eigenvalue weighted by molar-refractivity contribution is 6.64. The standard InChI is InChI=1S/C13H19BN2O4/c1-12(2)13(3,4)20-14(19-12)9-8-15-7-6-10(9)16-11(17)18-5/h6-8H,1-5H3,(H,15,16,17). The second-order valence-electron chi connectivity index (χ2n) is 5.67. The van der Waals surface area contributed by atoms with Crippen LogP contribution in [-0.2, 0) is 14.0 Å². The van der Waals surface area contributed by atoms with E-state index in [9.17, 15) is 4.79 Å². The molecule has 7 heteroatoms. The summed E-state index contributed by atoms with van der Waals surface area (Å²) in [7, 11) is 0.728. The van der Waals surface area contributed by atoms with Crippen LogP contribution >= 0.6 is 0 Å². The van der Waals surface area contributed by atoms with E-state index in [0.29, 0.717) is 11.2 Å². The number of nitrogens with one attached hydrogen (secondary N) is 1. The number of ether oxygens (including phenoxy) is 1. The predicted octanol–water partition coefficient (Wildman–Crippen LogP) is 1.56. The van der Waals surface area contributed by atoms with Gasteiger partial charge in [-0.25, -0.2) is 4.79 Å². The number of methoxy groups -OCH3 is 1. The number of aromatic nitrogens is 1. The van der Waals surface area contributed by atoms with E-state index in [2.05, 4.69) is 15.0 Å². The zero-order valence-corrected chi connectivity index (χ0v) is 12.4. The Bertz CT molecular complexity index is 503. The Morgan fingerprint density at radius 2 is 1.90 bits per heavy atom. The molecule has 0 unspecified atom stereocenters. The van der Waals surface area contributed by atoms with Crippen molar-refractivity contribution in [2.45, 2.75) is 38.9 Å². The Labute approximate surface area is 119 Å². The van der Waals surface area contributed by atoms with Gasteiger partial charge in [0.1, 0.15) is 0 Å². The lowest BCUT2D eigenvalue weighted by atomic mass is 9.79. The molecule has 1 aromatic heterocycles. The molecular formula is C13H19BN2O4. The van der Waals surface area contributed by atoms with Gasteiger partial charge in [0.25, 0.3) is 0 Å². The monoisotopic (exact) mass is 278 g/mol. The van der Waals surface area contributed by atoms with E-state index in [1.807, 2.05) is 27.7 Å². The van der Waals surface area contributed by atoms with Crippen molar-refractivity contribution in [1.82, 2.24) is 4.98 Å². The Balaban J connectivity index is 2.28. The molecule has 0 atom stereocenters. The molecule has 0 radical (unpaired) electrons. The van der Waals surface area contributed by atoms with Crippen LogP contribution in [0.3, 0.4) is 0 Å². The van der Waals surface area contributed by atoms with Crippen molar-refractivity contribution < 1.29 is 18.8 Å². The van der Waals surface area contributed by atoms with Gasteiger partial charge in [0.05, 0.1) is 18.3 Å². The summed E-state index contributed by atoms with van der Waals surface area (Å²) in [4.78, 5) is 15.4. The summed E-state index contributed by atoms with van der Waals surface area (Å²) < 4.78 is 16.5.